The van der Waals surface area contributed by atoms with Crippen molar-refractivity contribution in [3.05, 3.63) is 36.2 Å². The molecule has 1 aromatic carbocycles. The number of aliphatic hydroxyl groups excluding tert-OH is 2. The normalized spacial score (nSPS) is 17.5. The van der Waals surface area contributed by atoms with Crippen molar-refractivity contribution >= 4 is 33.9 Å². The first-order valence-electron chi connectivity index (χ1n) is 9.15. The molecule has 0 aliphatic heterocycles. The second-order valence-corrected chi connectivity index (χ2v) is 10.2. The van der Waals surface area contributed by atoms with E-state index in [0.717, 1.165) is 23.3 Å². The van der Waals surface area contributed by atoms with Crippen LogP contribution in [-0.4, -0.2) is 49.6 Å². The highest BCUT2D eigenvalue weighted by atomic mass is 35.5. The number of alkyl halides is 4. The topological polar surface area (TPSA) is 112 Å². The van der Waals surface area contributed by atoms with Crippen LogP contribution in [0.2, 0.25) is 0 Å². The summed E-state index contributed by atoms with van der Waals surface area (Å²) in [6, 6.07) is -0.706. The van der Waals surface area contributed by atoms with Crippen LogP contribution >= 0.6 is 21.8 Å². The summed E-state index contributed by atoms with van der Waals surface area (Å²) in [5.74, 6) is -1.76. The number of hydrogen-bond donors (Lipinski definition) is 4. The molecule has 0 aliphatic rings. The van der Waals surface area contributed by atoms with Gasteiger partial charge in [0, 0.05) is 17.6 Å². The van der Waals surface area contributed by atoms with Crippen LogP contribution in [0.4, 0.5) is 32.6 Å². The van der Waals surface area contributed by atoms with Gasteiger partial charge in [0.05, 0.1) is 17.6 Å². The molecule has 18 heteroatoms. The molecule has 4 N–H and O–H groups in total. The average molecular weight is 560 g/mol. The molecule has 2 unspecified atom stereocenters. The zero-order valence-electron chi connectivity index (χ0n) is 17.4. The first-order valence-corrected chi connectivity index (χ1v) is 11.6. The predicted molar refractivity (Wildman–Crippen MR) is 110 cm³/mol. The number of rotatable bonds is 9. The van der Waals surface area contributed by atoms with Crippen molar-refractivity contribution in [2.45, 2.75) is 24.2 Å². The quantitative estimate of drug-likeness (QED) is 0.158. The summed E-state index contributed by atoms with van der Waals surface area (Å²) in [6.07, 6.45) is -4.26. The molecule has 0 saturated heterocycles. The second kappa shape index (κ2) is 8.88. The minimum absolute atomic E-state index is 0.178. The highest BCUT2D eigenvalue weighted by Crippen LogP contribution is 3.02. The van der Waals surface area contributed by atoms with Gasteiger partial charge in [-0.15, -0.1) is 16.7 Å². The molecule has 0 saturated carbocycles. The van der Waals surface area contributed by atoms with Gasteiger partial charge in [0.2, 0.25) is 5.91 Å². The lowest BCUT2D eigenvalue weighted by Gasteiger charge is -2.40. The van der Waals surface area contributed by atoms with E-state index in [2.05, 4.69) is 20.9 Å². The Hall–Kier alpha value is -2.47. The van der Waals surface area contributed by atoms with E-state index in [1.807, 2.05) is 0 Å². The lowest BCUT2D eigenvalue weighted by molar-refractivity contribution is -0.137. The number of amides is 1. The molecule has 2 atom stereocenters. The van der Waals surface area contributed by atoms with Crippen LogP contribution in [0.15, 0.2) is 35.5 Å². The summed E-state index contributed by atoms with van der Waals surface area (Å²) in [6.45, 7) is 0.739. The third kappa shape index (κ3) is 7.50. The van der Waals surface area contributed by atoms with Crippen LogP contribution in [0.5, 0.6) is 0 Å². The van der Waals surface area contributed by atoms with E-state index in [1.165, 1.54) is 6.92 Å². The monoisotopic (exact) mass is 559 g/mol. The van der Waals surface area contributed by atoms with Crippen molar-refractivity contribution in [2.24, 2.45) is 5.41 Å². The maximum Gasteiger partial charge on any atom is 0.416 e. The molecular weight excluding hydrogens is 542 g/mol. The standard InChI is InChI=1S/C17H18ClF8N5O3S/c1-16(7-18,8-32)15(34)29-28-13(33)2-3-31-9-27-14(30-31)10-4-11(17(19,20)21)6-12(5-10)35(22,23,24,25)26/h2-6,9,13,28,32-33H,7-8H2,1H3,(H,29,34)/b3-2-. The first-order chi connectivity index (χ1) is 15.7. The fourth-order valence-corrected chi connectivity index (χ4v) is 3.18. The maximum absolute atomic E-state index is 13.2. The van der Waals surface area contributed by atoms with Crippen molar-refractivity contribution < 1.29 is 47.6 Å². The third-order valence-corrected chi connectivity index (χ3v) is 6.11. The molecule has 1 aromatic heterocycles. The van der Waals surface area contributed by atoms with E-state index < -0.39 is 68.5 Å². The molecule has 35 heavy (non-hydrogen) atoms. The number of hydrazine groups is 1. The largest absolute Gasteiger partial charge is 0.416 e. The Labute approximate surface area is 197 Å². The molecule has 8 nitrogen and oxygen atoms in total. The molecular formula is C17H18ClF8N5O3S. The van der Waals surface area contributed by atoms with Crippen LogP contribution in [0.1, 0.15) is 12.5 Å². The summed E-state index contributed by atoms with van der Waals surface area (Å²) >= 11 is 5.59. The summed E-state index contributed by atoms with van der Waals surface area (Å²) in [5.41, 5.74) is -0.114. The Kier molecular flexibility index (Phi) is 7.30. The Balaban J connectivity index is 2.26. The lowest BCUT2D eigenvalue weighted by Crippen LogP contribution is -2.51. The number of carbonyl (C=O) groups excluding carboxylic acids is 1. The van der Waals surface area contributed by atoms with E-state index in [9.17, 15) is 47.6 Å². The van der Waals surface area contributed by atoms with Crippen LogP contribution in [0.25, 0.3) is 17.6 Å². The fourth-order valence-electron chi connectivity index (χ4n) is 2.28. The summed E-state index contributed by atoms with van der Waals surface area (Å²) in [7, 11) is -10.5. The highest BCUT2D eigenvalue weighted by molar-refractivity contribution is 8.45. The molecule has 0 radical (unpaired) electrons. The summed E-state index contributed by atoms with van der Waals surface area (Å²) in [4.78, 5) is 12.7. The minimum atomic E-state index is -10.5. The van der Waals surface area contributed by atoms with E-state index >= 15 is 0 Å². The van der Waals surface area contributed by atoms with E-state index in [-0.39, 0.29) is 18.0 Å². The van der Waals surface area contributed by atoms with Crippen molar-refractivity contribution in [1.29, 1.82) is 0 Å². The molecule has 1 heterocycles. The number of aromatic nitrogens is 3. The number of nitrogens with zero attached hydrogens (tertiary/aromatic N) is 3. The van der Waals surface area contributed by atoms with Crippen LogP contribution in [0, 0.1) is 5.41 Å². The molecule has 0 bridgehead atoms. The fraction of sp³-hybridized carbons (Fsp3) is 0.353. The predicted octanol–water partition coefficient (Wildman–Crippen LogP) is 4.27. The van der Waals surface area contributed by atoms with Gasteiger partial charge < -0.3 is 10.2 Å². The molecule has 2 rings (SSSR count). The SMILES string of the molecule is CC(CO)(CCl)C(=O)NNC(O)/C=C\n1cnc(-c2cc(C(F)(F)F)cc(S(F)(F)(F)(F)F)c2)n1. The molecule has 0 aliphatic carbocycles. The van der Waals surface area contributed by atoms with Crippen LogP contribution < -0.4 is 10.9 Å². The first kappa shape index (κ1) is 28.8. The van der Waals surface area contributed by atoms with Gasteiger partial charge in [-0.3, -0.25) is 10.2 Å². The van der Waals surface area contributed by atoms with E-state index in [4.69, 9.17) is 11.6 Å². The Bertz CT molecular complexity index is 1120. The van der Waals surface area contributed by atoms with Gasteiger partial charge >= 0.3 is 16.4 Å². The van der Waals surface area contributed by atoms with Crippen molar-refractivity contribution in [1.82, 2.24) is 25.6 Å². The van der Waals surface area contributed by atoms with Gasteiger partial charge in [0.1, 0.15) is 17.5 Å². The maximum atomic E-state index is 13.2. The van der Waals surface area contributed by atoms with Gasteiger partial charge in [0.25, 0.3) is 0 Å². The van der Waals surface area contributed by atoms with Crippen molar-refractivity contribution in [3.8, 4) is 11.4 Å². The Morgan fingerprint density at radius 3 is 2.37 bits per heavy atom. The number of nitrogens with one attached hydrogen (secondary N) is 2. The minimum Gasteiger partial charge on any atom is -0.395 e. The number of hydrogen-bond acceptors (Lipinski definition) is 6. The highest BCUT2D eigenvalue weighted by Gasteiger charge is 2.66. The second-order valence-electron chi connectivity index (χ2n) is 7.50. The zero-order valence-corrected chi connectivity index (χ0v) is 19.0. The average Bonchev–Trinajstić information content (AvgIpc) is 3.22. The van der Waals surface area contributed by atoms with Gasteiger partial charge in [-0.25, -0.2) is 15.1 Å². The van der Waals surface area contributed by atoms with Crippen molar-refractivity contribution in [2.75, 3.05) is 12.5 Å². The number of halogens is 9. The zero-order chi connectivity index (χ0) is 26.9. The molecule has 198 valence electrons. The molecule has 0 fully saturated rings. The van der Waals surface area contributed by atoms with Gasteiger partial charge in [0.15, 0.2) is 5.82 Å². The van der Waals surface area contributed by atoms with Crippen LogP contribution in [0.3, 0.4) is 0 Å². The smallest absolute Gasteiger partial charge is 0.395 e. The summed E-state index contributed by atoms with van der Waals surface area (Å²) in [5, 5.41) is 22.6. The molecule has 2 aromatic rings. The third-order valence-electron chi connectivity index (χ3n) is 4.39. The van der Waals surface area contributed by atoms with Crippen LogP contribution in [-0.2, 0) is 11.0 Å². The van der Waals surface area contributed by atoms with Crippen molar-refractivity contribution in [3.63, 3.8) is 0 Å². The molecule has 1 amide bonds. The number of carbonyl (C=O) groups is 1. The Morgan fingerprint density at radius 2 is 1.86 bits per heavy atom. The van der Waals surface area contributed by atoms with Gasteiger partial charge in [-0.1, -0.05) is 19.4 Å². The van der Waals surface area contributed by atoms with Gasteiger partial charge in [-0.05, 0) is 31.2 Å². The summed E-state index contributed by atoms with van der Waals surface area (Å²) < 4.78 is 106. The van der Waals surface area contributed by atoms with E-state index in [0.29, 0.717) is 0 Å². The molecule has 0 spiro atoms. The van der Waals surface area contributed by atoms with Gasteiger partial charge in [-0.2, -0.15) is 13.2 Å². The number of aliphatic hydroxyl groups is 2. The number of benzene rings is 1. The Morgan fingerprint density at radius 1 is 1.23 bits per heavy atom. The lowest BCUT2D eigenvalue weighted by atomic mass is 9.94. The van der Waals surface area contributed by atoms with E-state index in [1.54, 1.807) is 0 Å².